The van der Waals surface area contributed by atoms with Gasteiger partial charge in [-0.15, -0.1) is 0 Å². The van der Waals surface area contributed by atoms with E-state index in [2.05, 4.69) is 45.5 Å². The normalized spacial score (nSPS) is 10.3. The van der Waals surface area contributed by atoms with Gasteiger partial charge in [-0.25, -0.2) is 0 Å². The molecule has 2 aromatic carbocycles. The average Bonchev–Trinajstić information content (AvgIpc) is 2.38. The summed E-state index contributed by atoms with van der Waals surface area (Å²) in [6.45, 7) is 1.47. The lowest BCUT2D eigenvalue weighted by molar-refractivity contribution is 0.306. The molecule has 0 aliphatic heterocycles. The second-order valence-corrected chi connectivity index (χ2v) is 5.01. The first-order valence-electron chi connectivity index (χ1n) is 5.89. The van der Waals surface area contributed by atoms with Gasteiger partial charge in [-0.05, 0) is 42.4 Å². The summed E-state index contributed by atoms with van der Waals surface area (Å²) in [6, 6.07) is 16.3. The lowest BCUT2D eigenvalue weighted by Crippen LogP contribution is -2.04. The number of hydrogen-bond acceptors (Lipinski definition) is 2. The third-order valence-corrected chi connectivity index (χ3v) is 3.09. The third-order valence-electron chi connectivity index (χ3n) is 2.60. The fourth-order valence-electron chi connectivity index (χ4n) is 1.70. The molecule has 0 saturated carbocycles. The molecule has 18 heavy (non-hydrogen) atoms. The molecule has 0 spiro atoms. The molecule has 0 saturated heterocycles. The molecule has 94 valence electrons. The van der Waals surface area contributed by atoms with E-state index in [-0.39, 0.29) is 0 Å². The molecule has 0 bridgehead atoms. The van der Waals surface area contributed by atoms with E-state index < -0.39 is 0 Å². The van der Waals surface area contributed by atoms with Gasteiger partial charge >= 0.3 is 0 Å². The fraction of sp³-hybridized carbons (Fsp3) is 0.200. The highest BCUT2D eigenvalue weighted by Gasteiger charge is 1.97. The molecule has 3 heteroatoms. The summed E-state index contributed by atoms with van der Waals surface area (Å²) in [5.41, 5.74) is 2.41. The molecule has 2 rings (SSSR count). The second kappa shape index (κ2) is 6.57. The Balaban J connectivity index is 1.93. The van der Waals surface area contributed by atoms with Crippen molar-refractivity contribution in [3.8, 4) is 5.75 Å². The zero-order chi connectivity index (χ0) is 12.8. The van der Waals surface area contributed by atoms with Crippen LogP contribution in [0.3, 0.4) is 0 Å². The molecule has 1 N–H and O–H groups in total. The van der Waals surface area contributed by atoms with Gasteiger partial charge < -0.3 is 10.1 Å². The van der Waals surface area contributed by atoms with Crippen LogP contribution in [-0.2, 0) is 13.2 Å². The number of nitrogens with one attached hydrogen (secondary N) is 1. The van der Waals surface area contributed by atoms with Crippen LogP contribution in [0.5, 0.6) is 5.75 Å². The molecule has 0 aliphatic carbocycles. The van der Waals surface area contributed by atoms with E-state index in [4.69, 9.17) is 4.74 Å². The summed E-state index contributed by atoms with van der Waals surface area (Å²) < 4.78 is 6.82. The molecule has 0 aliphatic rings. The largest absolute Gasteiger partial charge is 0.489 e. The summed E-state index contributed by atoms with van der Waals surface area (Å²) in [5.74, 6) is 0.898. The van der Waals surface area contributed by atoms with E-state index >= 15 is 0 Å². The summed E-state index contributed by atoms with van der Waals surface area (Å²) in [4.78, 5) is 0. The van der Waals surface area contributed by atoms with Crippen molar-refractivity contribution < 1.29 is 4.74 Å². The van der Waals surface area contributed by atoms with Gasteiger partial charge in [0.15, 0.2) is 0 Å². The van der Waals surface area contributed by atoms with E-state index in [9.17, 15) is 0 Å². The Bertz CT molecular complexity index is 496. The van der Waals surface area contributed by atoms with Crippen LogP contribution in [0.2, 0.25) is 0 Å². The standard InChI is InChI=1S/C15H16BrNO/c1-17-10-12-5-7-15(8-6-12)18-11-13-3-2-4-14(16)9-13/h2-9,17H,10-11H2,1H3. The van der Waals surface area contributed by atoms with Crippen LogP contribution < -0.4 is 10.1 Å². The molecule has 0 radical (unpaired) electrons. The first-order valence-corrected chi connectivity index (χ1v) is 6.68. The highest BCUT2D eigenvalue weighted by Crippen LogP contribution is 2.16. The van der Waals surface area contributed by atoms with Gasteiger partial charge in [-0.1, -0.05) is 40.2 Å². The SMILES string of the molecule is CNCc1ccc(OCc2cccc(Br)c2)cc1. The van der Waals surface area contributed by atoms with Crippen LogP contribution in [0.15, 0.2) is 53.0 Å². The number of rotatable bonds is 5. The Morgan fingerprint density at radius 3 is 2.50 bits per heavy atom. The van der Waals surface area contributed by atoms with Crippen molar-refractivity contribution in [1.82, 2.24) is 5.32 Å². The average molecular weight is 306 g/mol. The Kier molecular flexibility index (Phi) is 4.79. The topological polar surface area (TPSA) is 21.3 Å². The van der Waals surface area contributed by atoms with Crippen LogP contribution in [0, 0.1) is 0 Å². The van der Waals surface area contributed by atoms with Crippen molar-refractivity contribution in [1.29, 1.82) is 0 Å². The maximum absolute atomic E-state index is 5.74. The lowest BCUT2D eigenvalue weighted by Gasteiger charge is -2.07. The van der Waals surface area contributed by atoms with Crippen molar-refractivity contribution in [3.05, 3.63) is 64.1 Å². The highest BCUT2D eigenvalue weighted by molar-refractivity contribution is 9.10. The molecule has 0 atom stereocenters. The van der Waals surface area contributed by atoms with Crippen molar-refractivity contribution in [2.45, 2.75) is 13.2 Å². The van der Waals surface area contributed by atoms with Gasteiger partial charge in [0.05, 0.1) is 0 Å². The van der Waals surface area contributed by atoms with Gasteiger partial charge in [0, 0.05) is 11.0 Å². The number of hydrogen-bond donors (Lipinski definition) is 1. The number of halogens is 1. The lowest BCUT2D eigenvalue weighted by atomic mass is 10.2. The molecule has 2 nitrogen and oxygen atoms in total. The van der Waals surface area contributed by atoms with E-state index in [0.29, 0.717) is 6.61 Å². The number of benzene rings is 2. The maximum atomic E-state index is 5.74. The molecule has 0 fully saturated rings. The van der Waals surface area contributed by atoms with Crippen LogP contribution in [-0.4, -0.2) is 7.05 Å². The van der Waals surface area contributed by atoms with Gasteiger partial charge in [0.25, 0.3) is 0 Å². The van der Waals surface area contributed by atoms with Gasteiger partial charge in [0.2, 0.25) is 0 Å². The molecular formula is C15H16BrNO. The first kappa shape index (κ1) is 13.1. The molecule has 0 aromatic heterocycles. The Labute approximate surface area is 116 Å². The molecule has 0 heterocycles. The van der Waals surface area contributed by atoms with E-state index in [1.807, 2.05) is 31.3 Å². The zero-order valence-electron chi connectivity index (χ0n) is 10.3. The quantitative estimate of drug-likeness (QED) is 0.908. The summed E-state index contributed by atoms with van der Waals surface area (Å²) in [7, 11) is 1.94. The Hall–Kier alpha value is -1.32. The van der Waals surface area contributed by atoms with E-state index in [1.54, 1.807) is 0 Å². The fourth-order valence-corrected chi connectivity index (χ4v) is 2.15. The predicted octanol–water partition coefficient (Wildman–Crippen LogP) is 3.75. The molecule has 2 aromatic rings. The van der Waals surface area contributed by atoms with Gasteiger partial charge in [0.1, 0.15) is 12.4 Å². The maximum Gasteiger partial charge on any atom is 0.119 e. The van der Waals surface area contributed by atoms with E-state index in [1.165, 1.54) is 5.56 Å². The van der Waals surface area contributed by atoms with Crippen LogP contribution in [0.1, 0.15) is 11.1 Å². The molecule has 0 amide bonds. The minimum absolute atomic E-state index is 0.588. The summed E-state index contributed by atoms with van der Waals surface area (Å²) >= 11 is 3.45. The van der Waals surface area contributed by atoms with Crippen LogP contribution >= 0.6 is 15.9 Å². The third kappa shape index (κ3) is 3.86. The van der Waals surface area contributed by atoms with Crippen molar-refractivity contribution in [2.75, 3.05) is 7.05 Å². The smallest absolute Gasteiger partial charge is 0.119 e. The molecular weight excluding hydrogens is 290 g/mol. The van der Waals surface area contributed by atoms with Crippen molar-refractivity contribution in [2.24, 2.45) is 0 Å². The predicted molar refractivity (Wildman–Crippen MR) is 77.7 cm³/mol. The monoisotopic (exact) mass is 305 g/mol. The Morgan fingerprint density at radius 2 is 1.83 bits per heavy atom. The van der Waals surface area contributed by atoms with E-state index in [0.717, 1.165) is 22.3 Å². The van der Waals surface area contributed by atoms with Gasteiger partial charge in [-0.2, -0.15) is 0 Å². The van der Waals surface area contributed by atoms with Gasteiger partial charge in [-0.3, -0.25) is 0 Å². The van der Waals surface area contributed by atoms with Crippen LogP contribution in [0.4, 0.5) is 0 Å². The summed E-state index contributed by atoms with van der Waals surface area (Å²) in [6.07, 6.45) is 0. The number of ether oxygens (including phenoxy) is 1. The zero-order valence-corrected chi connectivity index (χ0v) is 11.9. The molecule has 0 unspecified atom stereocenters. The minimum atomic E-state index is 0.588. The van der Waals surface area contributed by atoms with Crippen LogP contribution in [0.25, 0.3) is 0 Å². The first-order chi connectivity index (χ1) is 8.78. The minimum Gasteiger partial charge on any atom is -0.489 e. The second-order valence-electron chi connectivity index (χ2n) is 4.09. The van der Waals surface area contributed by atoms with Crippen molar-refractivity contribution in [3.63, 3.8) is 0 Å². The Morgan fingerprint density at radius 1 is 1.06 bits per heavy atom. The highest BCUT2D eigenvalue weighted by atomic mass is 79.9. The summed E-state index contributed by atoms with van der Waals surface area (Å²) in [5, 5.41) is 3.12. The van der Waals surface area contributed by atoms with Crippen molar-refractivity contribution >= 4 is 15.9 Å².